The van der Waals surface area contributed by atoms with E-state index in [2.05, 4.69) is 5.32 Å². The Morgan fingerprint density at radius 3 is 2.68 bits per heavy atom. The number of likely N-dealkylation sites (N-methyl/N-ethyl adjacent to an activating group) is 1. The number of ether oxygens (including phenoxy) is 1. The van der Waals surface area contributed by atoms with Gasteiger partial charge in [-0.05, 0) is 24.7 Å². The van der Waals surface area contributed by atoms with Crippen molar-refractivity contribution in [3.05, 3.63) is 24.0 Å². The molecule has 28 heavy (non-hydrogen) atoms. The summed E-state index contributed by atoms with van der Waals surface area (Å²) in [6.45, 7) is 0.135. The van der Waals surface area contributed by atoms with Crippen LogP contribution in [0.3, 0.4) is 0 Å². The number of rotatable bonds is 7. The number of hydrogen-bond donors (Lipinski definition) is 2. The molecule has 0 aromatic heterocycles. The lowest BCUT2D eigenvalue weighted by molar-refractivity contribution is -0.153. The third-order valence-electron chi connectivity index (χ3n) is 4.25. The van der Waals surface area contributed by atoms with E-state index in [1.165, 1.54) is 24.0 Å². The fraction of sp³-hybridized carbons (Fsp3) is 0.529. The summed E-state index contributed by atoms with van der Waals surface area (Å²) in [5.74, 6) is -1.92. The Morgan fingerprint density at radius 1 is 1.43 bits per heavy atom. The van der Waals surface area contributed by atoms with Crippen LogP contribution in [0.4, 0.5) is 28.9 Å². The average Bonchev–Trinajstić information content (AvgIpc) is 2.61. The number of alkyl halides is 3. The highest BCUT2D eigenvalue weighted by Crippen LogP contribution is 2.25. The zero-order chi connectivity index (χ0) is 20.9. The summed E-state index contributed by atoms with van der Waals surface area (Å²) >= 11 is 0. The molecule has 1 atom stereocenters. The minimum atomic E-state index is -4.48. The Bertz CT molecular complexity index is 714. The van der Waals surface area contributed by atoms with Crippen molar-refractivity contribution < 1.29 is 31.9 Å². The standard InChI is InChI=1S/C17H22F4N4O3/c1-2-24(10-17(19,20)21)14(8-22)16(27)23-11-3-4-13(12(18)7-11)25-5-6-28-9-15(25)26/h3-4,7,14H,2,5-6,8-10,22H2,1H3,(H,23,27)/t14-/m1/s1. The van der Waals surface area contributed by atoms with E-state index in [0.717, 1.165) is 11.0 Å². The van der Waals surface area contributed by atoms with Crippen molar-refractivity contribution in [3.8, 4) is 0 Å². The van der Waals surface area contributed by atoms with Gasteiger partial charge < -0.3 is 20.7 Å². The summed E-state index contributed by atoms with van der Waals surface area (Å²) in [7, 11) is 0. The molecule has 1 aromatic rings. The molecular formula is C17H22F4N4O3. The highest BCUT2D eigenvalue weighted by Gasteiger charge is 2.35. The molecule has 3 N–H and O–H groups in total. The van der Waals surface area contributed by atoms with E-state index in [1.54, 1.807) is 0 Å². The smallest absolute Gasteiger partial charge is 0.370 e. The van der Waals surface area contributed by atoms with E-state index in [1.807, 2.05) is 0 Å². The van der Waals surface area contributed by atoms with Gasteiger partial charge in [0.05, 0.1) is 18.8 Å². The normalized spacial score (nSPS) is 16.4. The molecule has 2 amide bonds. The van der Waals surface area contributed by atoms with Gasteiger partial charge in [0.1, 0.15) is 18.5 Å². The lowest BCUT2D eigenvalue weighted by Gasteiger charge is -2.29. The molecule has 0 saturated carbocycles. The van der Waals surface area contributed by atoms with Crippen molar-refractivity contribution in [2.24, 2.45) is 5.73 Å². The lowest BCUT2D eigenvalue weighted by atomic mass is 10.2. The molecule has 1 aliphatic heterocycles. The van der Waals surface area contributed by atoms with Gasteiger partial charge in [0.2, 0.25) is 5.91 Å². The fourth-order valence-corrected chi connectivity index (χ4v) is 2.90. The minimum Gasteiger partial charge on any atom is -0.370 e. The number of nitrogens with one attached hydrogen (secondary N) is 1. The Labute approximate surface area is 159 Å². The first-order chi connectivity index (χ1) is 13.2. The number of nitrogens with two attached hydrogens (primary N) is 1. The molecule has 0 radical (unpaired) electrons. The topological polar surface area (TPSA) is 87.9 Å². The van der Waals surface area contributed by atoms with Gasteiger partial charge >= 0.3 is 6.18 Å². The van der Waals surface area contributed by atoms with Crippen molar-refractivity contribution >= 4 is 23.2 Å². The van der Waals surface area contributed by atoms with E-state index in [0.29, 0.717) is 0 Å². The van der Waals surface area contributed by atoms with Crippen molar-refractivity contribution in [2.45, 2.75) is 19.1 Å². The number of amides is 2. The predicted molar refractivity (Wildman–Crippen MR) is 94.3 cm³/mol. The molecule has 1 aromatic carbocycles. The summed E-state index contributed by atoms with van der Waals surface area (Å²) in [4.78, 5) is 26.3. The first kappa shape index (κ1) is 22.1. The zero-order valence-electron chi connectivity index (χ0n) is 15.3. The van der Waals surface area contributed by atoms with Crippen LogP contribution in [-0.4, -0.2) is 68.3 Å². The summed E-state index contributed by atoms with van der Waals surface area (Å²) in [6, 6.07) is 2.46. The SMILES string of the molecule is CCN(CC(F)(F)F)[C@H](CN)C(=O)Nc1ccc(N2CCOCC2=O)c(F)c1. The van der Waals surface area contributed by atoms with Gasteiger partial charge in [-0.25, -0.2) is 4.39 Å². The molecule has 156 valence electrons. The largest absolute Gasteiger partial charge is 0.401 e. The summed E-state index contributed by atoms with van der Waals surface area (Å²) in [5.41, 5.74) is 5.58. The highest BCUT2D eigenvalue weighted by molar-refractivity contribution is 5.97. The Balaban J connectivity index is 2.12. The molecule has 0 aliphatic carbocycles. The van der Waals surface area contributed by atoms with Crippen molar-refractivity contribution in [2.75, 3.05) is 49.6 Å². The van der Waals surface area contributed by atoms with Gasteiger partial charge in [0.15, 0.2) is 0 Å². The molecule has 7 nitrogen and oxygen atoms in total. The zero-order valence-corrected chi connectivity index (χ0v) is 15.3. The van der Waals surface area contributed by atoms with Gasteiger partial charge in [-0.3, -0.25) is 14.5 Å². The van der Waals surface area contributed by atoms with Gasteiger partial charge in [-0.15, -0.1) is 0 Å². The van der Waals surface area contributed by atoms with E-state index in [9.17, 15) is 27.2 Å². The Hall–Kier alpha value is -2.24. The molecule has 2 rings (SSSR count). The molecule has 1 fully saturated rings. The number of hydrogen-bond acceptors (Lipinski definition) is 5. The number of carbonyl (C=O) groups excluding carboxylic acids is 2. The van der Waals surface area contributed by atoms with Gasteiger partial charge in [0, 0.05) is 18.8 Å². The van der Waals surface area contributed by atoms with Crippen LogP contribution in [0.2, 0.25) is 0 Å². The number of halogens is 4. The third-order valence-corrected chi connectivity index (χ3v) is 4.25. The second-order valence-corrected chi connectivity index (χ2v) is 6.18. The van der Waals surface area contributed by atoms with Crippen molar-refractivity contribution in [1.82, 2.24) is 4.90 Å². The maximum absolute atomic E-state index is 14.4. The predicted octanol–water partition coefficient (Wildman–Crippen LogP) is 1.34. The number of nitrogens with zero attached hydrogens (tertiary/aromatic N) is 2. The molecule has 11 heteroatoms. The van der Waals surface area contributed by atoms with E-state index < -0.39 is 36.4 Å². The van der Waals surface area contributed by atoms with Gasteiger partial charge in [-0.1, -0.05) is 6.92 Å². The quantitative estimate of drug-likeness (QED) is 0.668. The third kappa shape index (κ3) is 5.63. The van der Waals surface area contributed by atoms with Crippen LogP contribution in [0.25, 0.3) is 0 Å². The monoisotopic (exact) mass is 406 g/mol. The van der Waals surface area contributed by atoms with Crippen molar-refractivity contribution in [1.29, 1.82) is 0 Å². The summed E-state index contributed by atoms with van der Waals surface area (Å²) < 4.78 is 57.4. The number of morpholine rings is 1. The summed E-state index contributed by atoms with van der Waals surface area (Å²) in [5, 5.41) is 2.38. The molecular weight excluding hydrogens is 384 g/mol. The number of anilines is 2. The first-order valence-electron chi connectivity index (χ1n) is 8.65. The number of benzene rings is 1. The Kier molecular flexibility index (Phi) is 7.33. The van der Waals surface area contributed by atoms with Crippen LogP contribution in [0.5, 0.6) is 0 Å². The molecule has 1 saturated heterocycles. The number of carbonyl (C=O) groups is 2. The Morgan fingerprint density at radius 2 is 2.14 bits per heavy atom. The average molecular weight is 406 g/mol. The maximum atomic E-state index is 14.4. The molecule has 0 spiro atoms. The van der Waals surface area contributed by atoms with Crippen LogP contribution in [0.1, 0.15) is 6.92 Å². The van der Waals surface area contributed by atoms with Crippen LogP contribution in [0.15, 0.2) is 18.2 Å². The van der Waals surface area contributed by atoms with E-state index in [-0.39, 0.29) is 44.2 Å². The van der Waals surface area contributed by atoms with E-state index in [4.69, 9.17) is 10.5 Å². The molecule has 0 bridgehead atoms. The van der Waals surface area contributed by atoms with Gasteiger partial charge in [0.25, 0.3) is 5.91 Å². The molecule has 0 unspecified atom stereocenters. The minimum absolute atomic E-state index is 0.0360. The van der Waals surface area contributed by atoms with Crippen LogP contribution in [0, 0.1) is 5.82 Å². The van der Waals surface area contributed by atoms with E-state index >= 15 is 0 Å². The van der Waals surface area contributed by atoms with Crippen LogP contribution < -0.4 is 16.0 Å². The maximum Gasteiger partial charge on any atom is 0.401 e. The second-order valence-electron chi connectivity index (χ2n) is 6.18. The second kappa shape index (κ2) is 9.30. The molecule has 1 aliphatic rings. The van der Waals surface area contributed by atoms with Crippen molar-refractivity contribution in [3.63, 3.8) is 0 Å². The lowest BCUT2D eigenvalue weighted by Crippen LogP contribution is -2.51. The van der Waals surface area contributed by atoms with Gasteiger partial charge in [-0.2, -0.15) is 13.2 Å². The fourth-order valence-electron chi connectivity index (χ4n) is 2.90. The highest BCUT2D eigenvalue weighted by atomic mass is 19.4. The summed E-state index contributed by atoms with van der Waals surface area (Å²) in [6.07, 6.45) is -4.48. The van der Waals surface area contributed by atoms with Crippen LogP contribution in [-0.2, 0) is 14.3 Å². The molecule has 1 heterocycles. The first-order valence-corrected chi connectivity index (χ1v) is 8.65. The van der Waals surface area contributed by atoms with Crippen LogP contribution >= 0.6 is 0 Å².